The molecule has 1 aromatic carbocycles. The van der Waals surface area contributed by atoms with Crippen LogP contribution in [0.15, 0.2) is 18.2 Å². The van der Waals surface area contributed by atoms with Gasteiger partial charge >= 0.3 is 0 Å². The average Bonchev–Trinajstić information content (AvgIpc) is 2.49. The molecule has 1 atom stereocenters. The summed E-state index contributed by atoms with van der Waals surface area (Å²) >= 11 is 0. The minimum Gasteiger partial charge on any atom is -0.486 e. The molecule has 0 radical (unpaired) electrons. The molecule has 1 aliphatic rings. The normalized spacial score (nSPS) is 15.2. The highest BCUT2D eigenvalue weighted by atomic mass is 16.6. The zero-order chi connectivity index (χ0) is 15.1. The van der Waals surface area contributed by atoms with E-state index in [0.717, 1.165) is 17.9 Å². The number of ether oxygens (including phenoxy) is 4. The summed E-state index contributed by atoms with van der Waals surface area (Å²) in [7, 11) is 0. The molecule has 5 nitrogen and oxygen atoms in total. The minimum atomic E-state index is -0.675. The topological polar surface area (TPSA) is 57.2 Å². The van der Waals surface area contributed by atoms with Crippen LogP contribution in [0.1, 0.15) is 25.5 Å². The molecular weight excluding hydrogens is 272 g/mol. The van der Waals surface area contributed by atoms with Crippen LogP contribution in [0.3, 0.4) is 0 Å². The molecule has 0 aliphatic carbocycles. The van der Waals surface area contributed by atoms with Gasteiger partial charge in [0.1, 0.15) is 19.3 Å². The first-order valence-electron chi connectivity index (χ1n) is 7.40. The van der Waals surface area contributed by atoms with E-state index in [2.05, 4.69) is 13.8 Å². The van der Waals surface area contributed by atoms with E-state index in [-0.39, 0.29) is 6.61 Å². The predicted molar refractivity (Wildman–Crippen MR) is 78.9 cm³/mol. The molecule has 118 valence electrons. The maximum Gasteiger partial charge on any atom is 0.161 e. The Morgan fingerprint density at radius 1 is 1.05 bits per heavy atom. The van der Waals surface area contributed by atoms with Crippen molar-refractivity contribution < 1.29 is 24.1 Å². The van der Waals surface area contributed by atoms with Gasteiger partial charge in [-0.2, -0.15) is 0 Å². The van der Waals surface area contributed by atoms with Crippen LogP contribution in [0.2, 0.25) is 0 Å². The third-order valence-corrected chi connectivity index (χ3v) is 3.05. The van der Waals surface area contributed by atoms with Gasteiger partial charge in [0.15, 0.2) is 11.5 Å². The molecule has 0 aromatic heterocycles. The molecule has 0 saturated carbocycles. The lowest BCUT2D eigenvalue weighted by atomic mass is 10.1. The molecule has 2 rings (SSSR count). The number of aliphatic hydroxyl groups excluding tert-OH is 1. The molecule has 0 amide bonds. The summed E-state index contributed by atoms with van der Waals surface area (Å²) in [6.45, 7) is 7.31. The van der Waals surface area contributed by atoms with Crippen LogP contribution < -0.4 is 9.47 Å². The number of rotatable bonds is 8. The van der Waals surface area contributed by atoms with Crippen LogP contribution in [0.25, 0.3) is 0 Å². The predicted octanol–water partition coefficient (Wildman–Crippen LogP) is 2.18. The second kappa shape index (κ2) is 8.22. The fourth-order valence-corrected chi connectivity index (χ4v) is 2.00. The summed E-state index contributed by atoms with van der Waals surface area (Å²) in [5, 5.41) is 10.1. The zero-order valence-electron chi connectivity index (χ0n) is 12.7. The van der Waals surface area contributed by atoms with Crippen molar-refractivity contribution in [3.8, 4) is 11.5 Å². The smallest absolute Gasteiger partial charge is 0.161 e. The van der Waals surface area contributed by atoms with Gasteiger partial charge in [0, 0.05) is 6.61 Å². The Hall–Kier alpha value is -1.30. The van der Waals surface area contributed by atoms with E-state index in [1.165, 1.54) is 0 Å². The molecular formula is C16H24O5. The lowest BCUT2D eigenvalue weighted by molar-refractivity contribution is -0.00133. The van der Waals surface area contributed by atoms with Gasteiger partial charge in [0.25, 0.3) is 0 Å². The third-order valence-electron chi connectivity index (χ3n) is 3.05. The van der Waals surface area contributed by atoms with E-state index < -0.39 is 6.10 Å². The molecule has 1 heterocycles. The van der Waals surface area contributed by atoms with Crippen molar-refractivity contribution in [3.05, 3.63) is 23.8 Å². The van der Waals surface area contributed by atoms with Gasteiger partial charge in [-0.25, -0.2) is 0 Å². The van der Waals surface area contributed by atoms with Crippen LogP contribution in [-0.4, -0.2) is 44.7 Å². The van der Waals surface area contributed by atoms with Crippen molar-refractivity contribution in [1.29, 1.82) is 0 Å². The van der Waals surface area contributed by atoms with Crippen molar-refractivity contribution in [2.45, 2.75) is 20.0 Å². The molecule has 1 aromatic rings. The number of fused-ring (bicyclic) bond motifs is 1. The molecule has 0 bridgehead atoms. The van der Waals surface area contributed by atoms with Crippen molar-refractivity contribution in [2.24, 2.45) is 5.92 Å². The van der Waals surface area contributed by atoms with Gasteiger partial charge in [-0.3, -0.25) is 0 Å². The standard InChI is InChI=1S/C16H24O5/c1-12(2)10-18-5-6-19-11-14(17)13-3-4-15-16(9-13)21-8-7-20-15/h3-4,9,12,14,17H,5-8,10-11H2,1-2H3. The van der Waals surface area contributed by atoms with Gasteiger partial charge < -0.3 is 24.1 Å². The monoisotopic (exact) mass is 296 g/mol. The van der Waals surface area contributed by atoms with Gasteiger partial charge in [-0.1, -0.05) is 19.9 Å². The summed E-state index contributed by atoms with van der Waals surface area (Å²) in [5.41, 5.74) is 0.766. The molecule has 1 unspecified atom stereocenters. The van der Waals surface area contributed by atoms with Crippen molar-refractivity contribution in [1.82, 2.24) is 0 Å². The average molecular weight is 296 g/mol. The maximum atomic E-state index is 10.1. The first-order chi connectivity index (χ1) is 10.2. The van der Waals surface area contributed by atoms with Crippen LogP contribution in [-0.2, 0) is 9.47 Å². The second-order valence-corrected chi connectivity index (χ2v) is 5.46. The van der Waals surface area contributed by atoms with E-state index in [1.807, 2.05) is 12.1 Å². The van der Waals surface area contributed by atoms with E-state index in [1.54, 1.807) is 6.07 Å². The molecule has 5 heteroatoms. The van der Waals surface area contributed by atoms with Crippen molar-refractivity contribution >= 4 is 0 Å². The highest BCUT2D eigenvalue weighted by molar-refractivity contribution is 5.44. The Morgan fingerprint density at radius 3 is 2.43 bits per heavy atom. The largest absolute Gasteiger partial charge is 0.486 e. The van der Waals surface area contributed by atoms with Gasteiger partial charge in [0.05, 0.1) is 19.8 Å². The third kappa shape index (κ3) is 5.19. The fourth-order valence-electron chi connectivity index (χ4n) is 2.00. The fraction of sp³-hybridized carbons (Fsp3) is 0.625. The Morgan fingerprint density at radius 2 is 1.71 bits per heavy atom. The number of aliphatic hydroxyl groups is 1. The molecule has 0 fully saturated rings. The maximum absolute atomic E-state index is 10.1. The van der Waals surface area contributed by atoms with Crippen molar-refractivity contribution in [2.75, 3.05) is 39.6 Å². The van der Waals surface area contributed by atoms with Crippen molar-refractivity contribution in [3.63, 3.8) is 0 Å². The summed E-state index contributed by atoms with van der Waals surface area (Å²) in [5.74, 6) is 1.92. The molecule has 1 aliphatic heterocycles. The van der Waals surface area contributed by atoms with Crippen LogP contribution >= 0.6 is 0 Å². The van der Waals surface area contributed by atoms with Crippen LogP contribution in [0, 0.1) is 5.92 Å². The minimum absolute atomic E-state index is 0.241. The van der Waals surface area contributed by atoms with Crippen LogP contribution in [0.5, 0.6) is 11.5 Å². The Labute approximate surface area is 125 Å². The Bertz CT molecular complexity index is 433. The second-order valence-electron chi connectivity index (χ2n) is 5.46. The zero-order valence-corrected chi connectivity index (χ0v) is 12.7. The van der Waals surface area contributed by atoms with E-state index in [9.17, 15) is 5.11 Å². The quantitative estimate of drug-likeness (QED) is 0.745. The van der Waals surface area contributed by atoms with Crippen LogP contribution in [0.4, 0.5) is 0 Å². The van der Waals surface area contributed by atoms with E-state index in [4.69, 9.17) is 18.9 Å². The SMILES string of the molecule is CC(C)COCCOCC(O)c1ccc2c(c1)OCCO2. The lowest BCUT2D eigenvalue weighted by Gasteiger charge is -2.20. The number of hydrogen-bond acceptors (Lipinski definition) is 5. The highest BCUT2D eigenvalue weighted by Crippen LogP contribution is 2.32. The van der Waals surface area contributed by atoms with E-state index >= 15 is 0 Å². The molecule has 0 saturated heterocycles. The first kappa shape index (κ1) is 16.1. The molecule has 1 N–H and O–H groups in total. The summed E-state index contributed by atoms with van der Waals surface area (Å²) in [4.78, 5) is 0. The highest BCUT2D eigenvalue weighted by Gasteiger charge is 2.15. The Kier molecular flexibility index (Phi) is 6.29. The number of hydrogen-bond donors (Lipinski definition) is 1. The molecule has 21 heavy (non-hydrogen) atoms. The van der Waals surface area contributed by atoms with E-state index in [0.29, 0.717) is 38.1 Å². The lowest BCUT2D eigenvalue weighted by Crippen LogP contribution is -2.16. The van der Waals surface area contributed by atoms with Gasteiger partial charge in [-0.05, 0) is 23.6 Å². The summed E-state index contributed by atoms with van der Waals surface area (Å²) in [6, 6.07) is 5.45. The van der Waals surface area contributed by atoms with Gasteiger partial charge in [0.2, 0.25) is 0 Å². The Balaban J connectivity index is 1.72. The molecule has 0 spiro atoms. The summed E-state index contributed by atoms with van der Waals surface area (Å²) < 4.78 is 21.8. The first-order valence-corrected chi connectivity index (χ1v) is 7.40. The number of benzene rings is 1. The summed E-state index contributed by atoms with van der Waals surface area (Å²) in [6.07, 6.45) is -0.675. The van der Waals surface area contributed by atoms with Gasteiger partial charge in [-0.15, -0.1) is 0 Å².